The Hall–Kier alpha value is -4.29. The van der Waals surface area contributed by atoms with Crippen molar-refractivity contribution < 1.29 is 0 Å². The summed E-state index contributed by atoms with van der Waals surface area (Å²) in [4.78, 5) is 0. The van der Waals surface area contributed by atoms with E-state index in [-0.39, 0.29) is 0 Å². The van der Waals surface area contributed by atoms with Crippen molar-refractivity contribution in [1.29, 1.82) is 5.26 Å². The molecule has 0 aliphatic rings. The second-order valence-electron chi connectivity index (χ2n) is 7.52. The molecule has 3 rings (SSSR count). The number of unbranched alkanes of at least 4 members (excludes halogenated alkanes) is 1. The Labute approximate surface area is 196 Å². The highest BCUT2D eigenvalue weighted by molar-refractivity contribution is 6.17. The molecule has 0 spiro atoms. The van der Waals surface area contributed by atoms with Crippen LogP contribution in [-0.2, 0) is 0 Å². The van der Waals surface area contributed by atoms with Crippen LogP contribution in [0, 0.1) is 11.3 Å². The molecule has 3 aromatic carbocycles. The molecule has 0 amide bonds. The average molecular weight is 432 g/mol. The number of hydrogen-bond donors (Lipinski definition) is 2. The Morgan fingerprint density at radius 2 is 1.42 bits per heavy atom. The monoisotopic (exact) mass is 431 g/mol. The molecule has 0 aliphatic carbocycles. The number of hydrogen-bond acceptors (Lipinski definition) is 3. The third kappa shape index (κ3) is 4.97. The van der Waals surface area contributed by atoms with Crippen LogP contribution in [0.4, 0.5) is 0 Å². The van der Waals surface area contributed by atoms with Gasteiger partial charge >= 0.3 is 0 Å². The lowest BCUT2D eigenvalue weighted by Gasteiger charge is -2.18. The van der Waals surface area contributed by atoms with Gasteiger partial charge in [0.15, 0.2) is 0 Å². The summed E-state index contributed by atoms with van der Waals surface area (Å²) in [6.45, 7) is 6.08. The highest BCUT2D eigenvalue weighted by atomic mass is 14.5. The van der Waals surface area contributed by atoms with Crippen molar-refractivity contribution in [2.75, 3.05) is 0 Å². The van der Waals surface area contributed by atoms with Crippen molar-refractivity contribution in [3.8, 4) is 6.07 Å². The topological polar surface area (TPSA) is 75.8 Å². The van der Waals surface area contributed by atoms with E-state index in [4.69, 9.17) is 16.7 Å². The van der Waals surface area contributed by atoms with Crippen molar-refractivity contribution >= 4 is 32.7 Å². The predicted molar refractivity (Wildman–Crippen MR) is 143 cm³/mol. The van der Waals surface area contributed by atoms with Gasteiger partial charge in [0.05, 0.1) is 6.07 Å². The van der Waals surface area contributed by atoms with E-state index >= 15 is 0 Å². The molecule has 3 nitrogen and oxygen atoms in total. The molecule has 3 aromatic rings. The molecule has 0 atom stereocenters. The molecule has 33 heavy (non-hydrogen) atoms. The zero-order chi connectivity index (χ0) is 23.6. The number of nitrogens with two attached hydrogens (primary N) is 2. The van der Waals surface area contributed by atoms with Crippen molar-refractivity contribution in [1.82, 2.24) is 0 Å². The van der Waals surface area contributed by atoms with Crippen LogP contribution in [-0.4, -0.2) is 0 Å². The summed E-state index contributed by atoms with van der Waals surface area (Å²) in [6.07, 6.45) is 16.2. The van der Waals surface area contributed by atoms with Gasteiger partial charge in [0.1, 0.15) is 0 Å². The van der Waals surface area contributed by atoms with Crippen LogP contribution in [0.3, 0.4) is 0 Å². The Balaban J connectivity index is 2.13. The van der Waals surface area contributed by atoms with Gasteiger partial charge in [0, 0.05) is 11.8 Å². The number of nitriles is 1. The molecular weight excluding hydrogens is 402 g/mol. The molecule has 0 saturated heterocycles. The van der Waals surface area contributed by atoms with Gasteiger partial charge in [-0.15, -0.1) is 0 Å². The van der Waals surface area contributed by atoms with Crippen molar-refractivity contribution in [3.05, 3.63) is 121 Å². The number of nitrogens with zero attached hydrogens (tertiary/aromatic N) is 1. The van der Waals surface area contributed by atoms with Gasteiger partial charge in [-0.05, 0) is 75.9 Å². The molecule has 0 aromatic heterocycles. The summed E-state index contributed by atoms with van der Waals surface area (Å²) < 4.78 is 0. The zero-order valence-corrected chi connectivity index (χ0v) is 19.0. The summed E-state index contributed by atoms with van der Waals surface area (Å²) >= 11 is 0. The molecule has 0 saturated carbocycles. The van der Waals surface area contributed by atoms with Crippen LogP contribution in [0.2, 0.25) is 0 Å². The summed E-state index contributed by atoms with van der Waals surface area (Å²) in [7, 11) is 0. The van der Waals surface area contributed by atoms with Crippen LogP contribution in [0.1, 0.15) is 30.9 Å². The smallest absolute Gasteiger partial charge is 0.0988 e. The molecule has 3 heteroatoms. The van der Waals surface area contributed by atoms with Crippen molar-refractivity contribution in [3.63, 3.8) is 0 Å². The molecular formula is C30H29N3. The minimum atomic E-state index is 0.565. The van der Waals surface area contributed by atoms with E-state index in [1.165, 1.54) is 22.5 Å². The van der Waals surface area contributed by atoms with Gasteiger partial charge in [-0.3, -0.25) is 0 Å². The first kappa shape index (κ1) is 23.4. The fraction of sp³-hybridized carbons (Fsp3) is 0.100. The van der Waals surface area contributed by atoms with E-state index in [0.29, 0.717) is 5.57 Å². The number of benzene rings is 3. The minimum absolute atomic E-state index is 0.565. The van der Waals surface area contributed by atoms with E-state index in [0.717, 1.165) is 40.3 Å². The third-order valence-corrected chi connectivity index (χ3v) is 5.62. The third-order valence-electron chi connectivity index (χ3n) is 5.62. The molecule has 0 fully saturated rings. The second-order valence-corrected chi connectivity index (χ2v) is 7.52. The van der Waals surface area contributed by atoms with Gasteiger partial charge in [-0.25, -0.2) is 0 Å². The second kappa shape index (κ2) is 11.4. The molecule has 4 N–H and O–H groups in total. The van der Waals surface area contributed by atoms with E-state index in [1.54, 1.807) is 12.3 Å². The van der Waals surface area contributed by atoms with Gasteiger partial charge in [0.25, 0.3) is 0 Å². The fourth-order valence-electron chi connectivity index (χ4n) is 4.14. The van der Waals surface area contributed by atoms with E-state index in [2.05, 4.69) is 79.4 Å². The predicted octanol–water partition coefficient (Wildman–Crippen LogP) is 7.14. The first-order valence-electron chi connectivity index (χ1n) is 11.0. The van der Waals surface area contributed by atoms with E-state index in [1.807, 2.05) is 19.1 Å². The SMILES string of the molecule is C=C/C(=C\C)c1c2ccccc2c(C(/C=C\CC/C=C(C#N)\C=C/N)=C/N)c2ccccc12. The van der Waals surface area contributed by atoms with Crippen LogP contribution in [0.5, 0.6) is 0 Å². The number of fused-ring (bicyclic) bond motifs is 2. The molecule has 0 unspecified atom stereocenters. The standard InChI is InChI=1S/C30H29N3/c1-3-23(4-2)29-25-14-8-10-16-27(25)30(28-17-11-9-15-26(28)29)24(21-33)13-7-5-6-12-22(20-32)18-19-31/h3-4,7-19,21H,1,5-6,31,33H2,2H3/b13-7-,19-18-,22-12+,23-4+,24-21+. The molecule has 0 heterocycles. The molecule has 0 aliphatic heterocycles. The maximum Gasteiger partial charge on any atom is 0.0988 e. The van der Waals surface area contributed by atoms with Gasteiger partial charge in [0.2, 0.25) is 0 Å². The fourth-order valence-corrected chi connectivity index (χ4v) is 4.14. The quantitative estimate of drug-likeness (QED) is 0.172. The van der Waals surface area contributed by atoms with Crippen LogP contribution in [0.25, 0.3) is 32.7 Å². The highest BCUT2D eigenvalue weighted by Crippen LogP contribution is 2.40. The summed E-state index contributed by atoms with van der Waals surface area (Å²) in [6, 6.07) is 19.0. The van der Waals surface area contributed by atoms with Crippen molar-refractivity contribution in [2.24, 2.45) is 11.5 Å². The first-order valence-corrected chi connectivity index (χ1v) is 11.0. The number of allylic oxidation sites excluding steroid dienone is 9. The first-order chi connectivity index (χ1) is 16.2. The molecule has 0 radical (unpaired) electrons. The van der Waals surface area contributed by atoms with Gasteiger partial charge in [-0.2, -0.15) is 5.26 Å². The lowest BCUT2D eigenvalue weighted by molar-refractivity contribution is 1.05. The lowest BCUT2D eigenvalue weighted by Crippen LogP contribution is -1.96. The zero-order valence-electron chi connectivity index (χ0n) is 19.0. The van der Waals surface area contributed by atoms with Crippen molar-refractivity contribution in [2.45, 2.75) is 19.8 Å². The van der Waals surface area contributed by atoms with E-state index < -0.39 is 0 Å². The van der Waals surface area contributed by atoms with Crippen LogP contribution >= 0.6 is 0 Å². The van der Waals surface area contributed by atoms with E-state index in [9.17, 15) is 0 Å². The molecule has 0 bridgehead atoms. The summed E-state index contributed by atoms with van der Waals surface area (Å²) in [5.41, 5.74) is 16.4. The van der Waals surface area contributed by atoms with Crippen LogP contribution < -0.4 is 11.5 Å². The normalized spacial score (nSPS) is 13.3. The Bertz CT molecular complexity index is 1300. The van der Waals surface area contributed by atoms with Crippen LogP contribution in [0.15, 0.2) is 110 Å². The largest absolute Gasteiger partial charge is 0.405 e. The highest BCUT2D eigenvalue weighted by Gasteiger charge is 2.16. The maximum atomic E-state index is 9.11. The maximum absolute atomic E-state index is 9.11. The Morgan fingerprint density at radius 3 is 1.85 bits per heavy atom. The van der Waals surface area contributed by atoms with Gasteiger partial charge < -0.3 is 11.5 Å². The summed E-state index contributed by atoms with van der Waals surface area (Å²) in [5.74, 6) is 0. The Kier molecular flexibility index (Phi) is 8.05. The Morgan fingerprint density at radius 1 is 0.879 bits per heavy atom. The number of rotatable bonds is 8. The van der Waals surface area contributed by atoms with Gasteiger partial charge in [-0.1, -0.05) is 85.5 Å². The average Bonchev–Trinajstić information content (AvgIpc) is 2.86. The summed E-state index contributed by atoms with van der Waals surface area (Å²) in [5, 5.41) is 13.7. The minimum Gasteiger partial charge on any atom is -0.405 e. The lowest BCUT2D eigenvalue weighted by atomic mass is 9.85. The molecule has 164 valence electrons.